The van der Waals surface area contributed by atoms with Crippen LogP contribution >= 0.6 is 11.3 Å². The van der Waals surface area contributed by atoms with Crippen molar-refractivity contribution in [2.24, 2.45) is 22.0 Å². The van der Waals surface area contributed by atoms with Gasteiger partial charge >= 0.3 is 18.0 Å². The van der Waals surface area contributed by atoms with Gasteiger partial charge in [0, 0.05) is 67.1 Å². The van der Waals surface area contributed by atoms with Gasteiger partial charge in [-0.2, -0.15) is 5.10 Å². The molecule has 2 aliphatic heterocycles. The van der Waals surface area contributed by atoms with Gasteiger partial charge in [0.25, 0.3) is 5.91 Å². The number of aliphatic hydroxyl groups is 6. The molecule has 7 atom stereocenters. The molecule has 5 heterocycles. The molecule has 6 aliphatic rings. The summed E-state index contributed by atoms with van der Waals surface area (Å²) in [5.41, 5.74) is 8.63. The Kier molecular flexibility index (Phi) is 19.9. The first-order valence-corrected chi connectivity index (χ1v) is 32.6. The number of hydrogen-bond acceptors (Lipinski definition) is 21. The van der Waals surface area contributed by atoms with Gasteiger partial charge in [-0.05, 0) is 147 Å². The fraction of sp³-hybridized carbons (Fsp3) is 0.522. The average Bonchev–Trinajstić information content (AvgIpc) is 0.730. The highest BCUT2D eigenvalue weighted by Gasteiger charge is 2.66. The summed E-state index contributed by atoms with van der Waals surface area (Å²) in [6, 6.07) is 21.9. The van der Waals surface area contributed by atoms with Gasteiger partial charge in [0.15, 0.2) is 16.9 Å². The van der Waals surface area contributed by atoms with E-state index in [2.05, 4.69) is 29.5 Å². The third kappa shape index (κ3) is 14.3. The number of nitrogens with zero attached hydrogens (tertiary/aromatic N) is 6. The summed E-state index contributed by atoms with van der Waals surface area (Å²) >= 11 is 1.40. The Bertz CT molecular complexity index is 3740. The quantitative estimate of drug-likeness (QED) is 0.0305. The summed E-state index contributed by atoms with van der Waals surface area (Å²) < 4.78 is 27.4. The fourth-order valence-corrected chi connectivity index (χ4v) is 16.8. The highest BCUT2D eigenvalue weighted by Crippen LogP contribution is 2.72. The lowest BCUT2D eigenvalue weighted by atomic mass is 9.39. The monoisotopic (exact) mass is 1320 g/mol. The van der Waals surface area contributed by atoms with E-state index in [0.29, 0.717) is 85.9 Å². The second-order valence-corrected chi connectivity index (χ2v) is 28.1. The smallest absolute Gasteiger partial charge is 0.410 e. The van der Waals surface area contributed by atoms with Crippen molar-refractivity contribution >= 4 is 62.3 Å². The Morgan fingerprint density at radius 3 is 2.32 bits per heavy atom. The third-order valence-electron chi connectivity index (χ3n) is 19.4. The number of nitrogens with two attached hydrogens (primary N) is 1. The minimum absolute atomic E-state index is 0.0197. The van der Waals surface area contributed by atoms with E-state index in [9.17, 15) is 64.8 Å². The number of rotatable bonds is 27. The zero-order chi connectivity index (χ0) is 66.9. The van der Waals surface area contributed by atoms with Crippen LogP contribution in [-0.2, 0) is 56.3 Å². The molecular formula is C67H83N9O17S. The lowest BCUT2D eigenvalue weighted by Gasteiger charge is -2.69. The van der Waals surface area contributed by atoms with E-state index < -0.39 is 92.2 Å². The number of amides is 3. The number of aliphatic carboxylic acids is 1. The Morgan fingerprint density at radius 2 is 1.61 bits per heavy atom. The van der Waals surface area contributed by atoms with E-state index >= 15 is 0 Å². The van der Waals surface area contributed by atoms with Crippen molar-refractivity contribution in [2.75, 3.05) is 62.8 Å². The van der Waals surface area contributed by atoms with Gasteiger partial charge in [-0.25, -0.2) is 24.4 Å². The minimum atomic E-state index is -1.97. The van der Waals surface area contributed by atoms with Crippen LogP contribution in [0.3, 0.4) is 0 Å². The van der Waals surface area contributed by atoms with Gasteiger partial charge in [-0.15, -0.1) is 0 Å². The lowest BCUT2D eigenvalue weighted by molar-refractivity contribution is -0.271. The third-order valence-corrected chi connectivity index (χ3v) is 20.3. The zero-order valence-electron chi connectivity index (χ0n) is 52.9. The Morgan fingerprint density at radius 1 is 0.851 bits per heavy atom. The number of aryl methyl sites for hydroxylation is 1. The van der Waals surface area contributed by atoms with Crippen LogP contribution in [0, 0.1) is 23.2 Å². The van der Waals surface area contributed by atoms with Crippen LogP contribution in [0.4, 0.5) is 15.7 Å². The summed E-state index contributed by atoms with van der Waals surface area (Å²) in [4.78, 5) is 79.5. The standard InChI is InChI=1S/C67H83N9O17S/c1-39-45(43-16-17-50(71-52(43)58(85)86)75-21-18-41-10-8-11-44(46(41)27-75)57(84)72-61-70-47-12-4-5-13-49(47)94-61)26-69-76(39)35-65-30-63(2)29-64(3,31-65)33-67(32-63,34-65)91-24-23-74(22-19-51(80)73-66(36-77,37-78)38-79)62(89)90-28-42-15-14-40(9-6-7-20-68)25-48(42)92-60-55(83)53(81)54(82)56(93-60)59(87)88/h4-5,8,10-17,25-26,53-56,60,77-79,81-83H,6-7,9,18-24,27-38,68H2,1-3H3,(H,73,80)(H,85,86)(H,87,88)(H,70,72,84)/t53-,54-,55+,56-,60+,63?,64?,65?,67?/m1/s1. The maximum Gasteiger partial charge on any atom is 0.410 e. The van der Waals surface area contributed by atoms with Gasteiger partial charge in [0.1, 0.15) is 42.0 Å². The molecule has 1 saturated heterocycles. The predicted octanol–water partition coefficient (Wildman–Crippen LogP) is 4.93. The molecule has 94 heavy (non-hydrogen) atoms. The largest absolute Gasteiger partial charge is 0.479 e. The number of carbonyl (C=O) groups excluding carboxylic acids is 3. The van der Waals surface area contributed by atoms with Crippen LogP contribution in [0.15, 0.2) is 79.0 Å². The van der Waals surface area contributed by atoms with Crippen LogP contribution in [0.2, 0.25) is 0 Å². The molecule has 3 amide bonds. The summed E-state index contributed by atoms with van der Waals surface area (Å²) in [6.07, 6.45) is -1.57. The number of ether oxygens (including phenoxy) is 4. The molecule has 12 rings (SSSR count). The average molecular weight is 1320 g/mol. The molecule has 6 aromatic rings. The molecule has 12 N–H and O–H groups in total. The number of nitrogens with one attached hydrogen (secondary N) is 2. The first-order valence-electron chi connectivity index (χ1n) is 31.8. The summed E-state index contributed by atoms with van der Waals surface area (Å²) in [5.74, 6) is -3.29. The molecule has 3 aromatic carbocycles. The molecule has 27 heteroatoms. The number of carboxylic acid groups (broad SMARTS) is 2. The Hall–Kier alpha value is -7.70. The molecule has 26 nitrogen and oxygen atoms in total. The number of anilines is 2. The number of benzene rings is 3. The van der Waals surface area contributed by atoms with Crippen LogP contribution < -0.4 is 26.0 Å². The fourth-order valence-electron chi connectivity index (χ4n) is 15.9. The molecule has 4 bridgehead atoms. The number of thiazole rings is 1. The molecule has 4 saturated carbocycles. The number of aliphatic hydroxyl groups excluding tert-OH is 6. The SMILES string of the molecule is Cc1c(-c2ccc(N3CCc4cccc(C(=O)Nc5nc6ccccc6s5)c4C3)nc2C(=O)O)cnn1CC12CC3(C)CC(C)(C1)CC(OCCN(CCC(=O)NC(CO)(CO)CO)C(=O)OCc1ccc(CCCCN)cc1O[C@H]1O[C@@H](C(=O)O)[C@H](O)[C@@H](O)[C@@H]1O)(C3)C2. The van der Waals surface area contributed by atoms with Crippen molar-refractivity contribution < 1.29 is 83.8 Å². The molecule has 2 unspecified atom stereocenters. The maximum absolute atomic E-state index is 14.4. The van der Waals surface area contributed by atoms with Crippen molar-refractivity contribution in [3.63, 3.8) is 0 Å². The molecular weight excluding hydrogens is 1230 g/mol. The molecule has 0 radical (unpaired) electrons. The van der Waals surface area contributed by atoms with Crippen molar-refractivity contribution in [2.45, 2.75) is 153 Å². The minimum Gasteiger partial charge on any atom is -0.479 e. The van der Waals surface area contributed by atoms with E-state index in [1.165, 1.54) is 16.2 Å². The van der Waals surface area contributed by atoms with Gasteiger partial charge in [-0.1, -0.05) is 61.6 Å². The number of aromatic carboxylic acids is 1. The number of hydrogen-bond donors (Lipinski definition) is 11. The number of pyridine rings is 1. The van der Waals surface area contributed by atoms with E-state index in [-0.39, 0.29) is 65.3 Å². The Labute approximate surface area is 546 Å². The van der Waals surface area contributed by atoms with E-state index in [0.717, 1.165) is 64.7 Å². The number of carbonyl (C=O) groups is 5. The van der Waals surface area contributed by atoms with E-state index in [1.54, 1.807) is 36.5 Å². The van der Waals surface area contributed by atoms with Crippen molar-refractivity contribution in [3.05, 3.63) is 118 Å². The summed E-state index contributed by atoms with van der Waals surface area (Å²) in [7, 11) is 0. The van der Waals surface area contributed by atoms with Crippen LogP contribution in [-0.4, -0.2) is 190 Å². The van der Waals surface area contributed by atoms with Gasteiger partial charge in [-0.3, -0.25) is 19.6 Å². The van der Waals surface area contributed by atoms with E-state index in [4.69, 9.17) is 34.8 Å². The number of unbranched alkanes of at least 4 members (excludes halogenated alkanes) is 1. The van der Waals surface area contributed by atoms with Crippen molar-refractivity contribution in [1.29, 1.82) is 0 Å². The van der Waals surface area contributed by atoms with Crippen LogP contribution in [0.5, 0.6) is 5.75 Å². The number of fused-ring (bicyclic) bond motifs is 2. The van der Waals surface area contributed by atoms with Gasteiger partial charge in [0.2, 0.25) is 12.2 Å². The second-order valence-electron chi connectivity index (χ2n) is 27.1. The van der Waals surface area contributed by atoms with Gasteiger partial charge < -0.3 is 80.6 Å². The van der Waals surface area contributed by atoms with E-state index in [1.807, 2.05) is 59.0 Å². The highest BCUT2D eigenvalue weighted by atomic mass is 32.1. The topological polar surface area (TPSA) is 384 Å². The van der Waals surface area contributed by atoms with Crippen molar-refractivity contribution in [1.82, 2.24) is 30.0 Å². The molecule has 504 valence electrons. The molecule has 4 aliphatic carbocycles. The Balaban J connectivity index is 0.792. The van der Waals surface area contributed by atoms with Crippen LogP contribution in [0.1, 0.15) is 120 Å². The normalized spacial score (nSPS) is 25.4. The predicted molar refractivity (Wildman–Crippen MR) is 343 cm³/mol. The highest BCUT2D eigenvalue weighted by molar-refractivity contribution is 7.22. The molecule has 5 fully saturated rings. The summed E-state index contributed by atoms with van der Waals surface area (Å²) in [5, 5.41) is 93.1. The molecule has 0 spiro atoms. The number of aromatic nitrogens is 4. The second kappa shape index (κ2) is 27.6. The van der Waals surface area contributed by atoms with Crippen LogP contribution in [0.25, 0.3) is 21.3 Å². The first-order chi connectivity index (χ1) is 44.9. The van der Waals surface area contributed by atoms with Crippen molar-refractivity contribution in [3.8, 4) is 16.9 Å². The summed E-state index contributed by atoms with van der Waals surface area (Å²) in [6.45, 7) is 5.35. The molecule has 3 aromatic heterocycles. The maximum atomic E-state index is 14.4. The van der Waals surface area contributed by atoms with Gasteiger partial charge in [0.05, 0.1) is 48.4 Å². The first kappa shape index (κ1) is 67.7. The zero-order valence-corrected chi connectivity index (χ0v) is 53.7. The lowest BCUT2D eigenvalue weighted by Crippen LogP contribution is -2.64. The number of carboxylic acids is 2. The number of para-hydroxylation sites is 1.